The molecule has 1 unspecified atom stereocenters. The molecule has 6 heteroatoms. The fourth-order valence-corrected chi connectivity index (χ4v) is 2.86. The topological polar surface area (TPSA) is 71.5 Å². The molecule has 23 heavy (non-hydrogen) atoms. The molecule has 1 saturated heterocycles. The monoisotopic (exact) mass is 317 g/mol. The van der Waals surface area contributed by atoms with Crippen molar-refractivity contribution >= 4 is 11.8 Å². The van der Waals surface area contributed by atoms with Gasteiger partial charge in [-0.15, -0.1) is 0 Å². The molecule has 2 amide bonds. The number of nitrogens with one attached hydrogen (secondary N) is 1. The number of ether oxygens (including phenoxy) is 1. The largest absolute Gasteiger partial charge is 0.475 e. The minimum absolute atomic E-state index is 0.0268. The molecule has 0 aromatic carbocycles. The van der Waals surface area contributed by atoms with Gasteiger partial charge >= 0.3 is 0 Å². The van der Waals surface area contributed by atoms with Gasteiger partial charge in [0.25, 0.3) is 0 Å². The maximum absolute atomic E-state index is 12.3. The number of aromatic nitrogens is 1. The van der Waals surface area contributed by atoms with Crippen molar-refractivity contribution < 1.29 is 14.3 Å². The van der Waals surface area contributed by atoms with E-state index < -0.39 is 0 Å². The van der Waals surface area contributed by atoms with E-state index in [0.717, 1.165) is 18.4 Å². The summed E-state index contributed by atoms with van der Waals surface area (Å²) in [4.78, 5) is 30.3. The van der Waals surface area contributed by atoms with Crippen LogP contribution in [0.1, 0.15) is 38.7 Å². The van der Waals surface area contributed by atoms with Gasteiger partial charge in [0.15, 0.2) is 0 Å². The first kappa shape index (κ1) is 15.8. The van der Waals surface area contributed by atoms with Crippen LogP contribution >= 0.6 is 0 Å². The van der Waals surface area contributed by atoms with Crippen molar-refractivity contribution in [2.24, 2.45) is 5.92 Å². The second kappa shape index (κ2) is 6.56. The molecule has 6 nitrogen and oxygen atoms in total. The highest BCUT2D eigenvalue weighted by atomic mass is 16.5. The summed E-state index contributed by atoms with van der Waals surface area (Å²) < 4.78 is 5.65. The fourth-order valence-electron chi connectivity index (χ4n) is 2.86. The minimum atomic E-state index is -0.241. The van der Waals surface area contributed by atoms with Crippen molar-refractivity contribution in [1.82, 2.24) is 15.2 Å². The normalized spacial score (nSPS) is 20.9. The zero-order valence-electron chi connectivity index (χ0n) is 13.6. The molecule has 1 aliphatic carbocycles. The maximum atomic E-state index is 12.3. The van der Waals surface area contributed by atoms with E-state index in [9.17, 15) is 9.59 Å². The van der Waals surface area contributed by atoms with Gasteiger partial charge in [-0.1, -0.05) is 6.07 Å². The van der Waals surface area contributed by atoms with Gasteiger partial charge in [0.1, 0.15) is 0 Å². The Hall–Kier alpha value is -2.11. The first-order chi connectivity index (χ1) is 11.0. The molecule has 1 aromatic heterocycles. The lowest BCUT2D eigenvalue weighted by Crippen LogP contribution is -2.33. The second-order valence-corrected chi connectivity index (χ2v) is 6.53. The summed E-state index contributed by atoms with van der Waals surface area (Å²) in [6, 6.07) is 4.09. The molecule has 1 saturated carbocycles. The van der Waals surface area contributed by atoms with Gasteiger partial charge < -0.3 is 15.0 Å². The zero-order chi connectivity index (χ0) is 16.4. The van der Waals surface area contributed by atoms with E-state index in [1.807, 2.05) is 30.9 Å². The van der Waals surface area contributed by atoms with Gasteiger partial charge in [-0.25, -0.2) is 4.98 Å². The highest BCUT2D eigenvalue weighted by Crippen LogP contribution is 2.32. The van der Waals surface area contributed by atoms with E-state index in [1.54, 1.807) is 6.20 Å². The SMILES string of the molecule is CC(C)Oc1ncccc1CNC(=O)C1CC(=O)N(C2CC2)C1. The van der Waals surface area contributed by atoms with Gasteiger partial charge in [-0.05, 0) is 32.8 Å². The van der Waals surface area contributed by atoms with Crippen LogP contribution in [0.2, 0.25) is 0 Å². The van der Waals surface area contributed by atoms with E-state index in [1.165, 1.54) is 0 Å². The van der Waals surface area contributed by atoms with Gasteiger partial charge in [0.05, 0.1) is 12.0 Å². The first-order valence-corrected chi connectivity index (χ1v) is 8.22. The summed E-state index contributed by atoms with van der Waals surface area (Å²) in [5, 5.41) is 2.92. The van der Waals surface area contributed by atoms with Crippen LogP contribution in [0.5, 0.6) is 5.88 Å². The summed E-state index contributed by atoms with van der Waals surface area (Å²) in [5.74, 6) is 0.345. The molecule has 2 fully saturated rings. The third-order valence-electron chi connectivity index (χ3n) is 4.17. The Kier molecular flexibility index (Phi) is 4.50. The standard InChI is InChI=1S/C17H23N3O3/c1-11(2)23-17-12(4-3-7-18-17)9-19-16(22)13-8-15(21)20(10-13)14-5-6-14/h3-4,7,11,13-14H,5-6,8-10H2,1-2H3,(H,19,22). The molecule has 1 aromatic rings. The molecule has 1 N–H and O–H groups in total. The van der Waals surface area contributed by atoms with Gasteiger partial charge in [-0.2, -0.15) is 0 Å². The van der Waals surface area contributed by atoms with Crippen molar-refractivity contribution in [1.29, 1.82) is 0 Å². The lowest BCUT2D eigenvalue weighted by Gasteiger charge is -2.16. The van der Waals surface area contributed by atoms with Gasteiger partial charge in [0.2, 0.25) is 17.7 Å². The second-order valence-electron chi connectivity index (χ2n) is 6.53. The first-order valence-electron chi connectivity index (χ1n) is 8.22. The van der Waals surface area contributed by atoms with Gasteiger partial charge in [0, 0.05) is 37.3 Å². The number of carbonyl (C=O) groups is 2. The van der Waals surface area contributed by atoms with Crippen molar-refractivity contribution in [2.45, 2.75) is 51.8 Å². The van der Waals surface area contributed by atoms with Crippen molar-refractivity contribution in [3.63, 3.8) is 0 Å². The van der Waals surface area contributed by atoms with Crippen molar-refractivity contribution in [2.75, 3.05) is 6.54 Å². The summed E-state index contributed by atoms with van der Waals surface area (Å²) in [6.45, 7) is 4.79. The Morgan fingerprint density at radius 1 is 1.48 bits per heavy atom. The van der Waals surface area contributed by atoms with Gasteiger partial charge in [-0.3, -0.25) is 9.59 Å². The molecule has 2 heterocycles. The van der Waals surface area contributed by atoms with E-state index in [0.29, 0.717) is 31.4 Å². The van der Waals surface area contributed by atoms with E-state index >= 15 is 0 Å². The summed E-state index contributed by atoms with van der Waals surface area (Å²) in [6.07, 6.45) is 4.17. The predicted molar refractivity (Wildman–Crippen MR) is 84.7 cm³/mol. The van der Waals surface area contributed by atoms with E-state index in [4.69, 9.17) is 4.74 Å². The number of hydrogen-bond acceptors (Lipinski definition) is 4. The number of nitrogens with zero attached hydrogens (tertiary/aromatic N) is 2. The van der Waals surface area contributed by atoms with Crippen LogP contribution in [0.25, 0.3) is 0 Å². The molecule has 0 spiro atoms. The number of amides is 2. The third-order valence-corrected chi connectivity index (χ3v) is 4.17. The average Bonchev–Trinajstić information content (AvgIpc) is 3.28. The van der Waals surface area contributed by atoms with Crippen molar-refractivity contribution in [3.8, 4) is 5.88 Å². The number of carbonyl (C=O) groups excluding carboxylic acids is 2. The summed E-state index contributed by atoms with van der Waals surface area (Å²) in [5.41, 5.74) is 0.845. The Labute approximate surface area is 136 Å². The number of hydrogen-bond donors (Lipinski definition) is 1. The molecule has 124 valence electrons. The molecule has 2 aliphatic rings. The lowest BCUT2D eigenvalue weighted by molar-refractivity contribution is -0.129. The molecule has 1 aliphatic heterocycles. The van der Waals surface area contributed by atoms with E-state index in [-0.39, 0.29) is 23.8 Å². The smallest absolute Gasteiger partial charge is 0.225 e. The molecular weight excluding hydrogens is 294 g/mol. The Bertz CT molecular complexity index is 599. The maximum Gasteiger partial charge on any atom is 0.225 e. The minimum Gasteiger partial charge on any atom is -0.475 e. The number of likely N-dealkylation sites (tertiary alicyclic amines) is 1. The quantitative estimate of drug-likeness (QED) is 0.863. The van der Waals surface area contributed by atoms with Crippen molar-refractivity contribution in [3.05, 3.63) is 23.9 Å². The summed E-state index contributed by atoms with van der Waals surface area (Å²) >= 11 is 0. The zero-order valence-corrected chi connectivity index (χ0v) is 13.6. The average molecular weight is 317 g/mol. The Morgan fingerprint density at radius 2 is 2.26 bits per heavy atom. The summed E-state index contributed by atoms with van der Waals surface area (Å²) in [7, 11) is 0. The van der Waals surface area contributed by atoms with Crippen LogP contribution in [0, 0.1) is 5.92 Å². The molecule has 3 rings (SSSR count). The molecule has 1 atom stereocenters. The highest BCUT2D eigenvalue weighted by Gasteiger charge is 2.41. The van der Waals surface area contributed by atoms with Crippen LogP contribution in [-0.4, -0.2) is 40.4 Å². The Balaban J connectivity index is 1.56. The highest BCUT2D eigenvalue weighted by molar-refractivity contribution is 5.89. The number of rotatable bonds is 6. The lowest BCUT2D eigenvalue weighted by atomic mass is 10.1. The molecular formula is C17H23N3O3. The fraction of sp³-hybridized carbons (Fsp3) is 0.588. The third kappa shape index (κ3) is 3.81. The van der Waals surface area contributed by atoms with Crippen LogP contribution in [-0.2, 0) is 16.1 Å². The van der Waals surface area contributed by atoms with Crippen LogP contribution < -0.4 is 10.1 Å². The van der Waals surface area contributed by atoms with Crippen LogP contribution in [0.15, 0.2) is 18.3 Å². The Morgan fingerprint density at radius 3 is 2.96 bits per heavy atom. The number of pyridine rings is 1. The molecule has 0 bridgehead atoms. The van der Waals surface area contributed by atoms with Crippen LogP contribution in [0.4, 0.5) is 0 Å². The predicted octanol–water partition coefficient (Wildman–Crippen LogP) is 1.50. The van der Waals surface area contributed by atoms with Crippen LogP contribution in [0.3, 0.4) is 0 Å². The molecule has 0 radical (unpaired) electrons. The van der Waals surface area contributed by atoms with E-state index in [2.05, 4.69) is 10.3 Å².